The summed E-state index contributed by atoms with van der Waals surface area (Å²) in [7, 11) is 0. The molecule has 0 bridgehead atoms. The highest BCUT2D eigenvalue weighted by Gasteiger charge is 2.47. The first-order chi connectivity index (χ1) is 6.61. The lowest BCUT2D eigenvalue weighted by molar-refractivity contribution is -0.151. The van der Waals surface area contributed by atoms with E-state index in [9.17, 15) is 15.0 Å². The normalized spacial score (nSPS) is 34.3. The van der Waals surface area contributed by atoms with Crippen LogP contribution in [0.1, 0.15) is 6.92 Å². The first kappa shape index (κ1) is 11.4. The summed E-state index contributed by atoms with van der Waals surface area (Å²) in [5.41, 5.74) is 0. The summed E-state index contributed by atoms with van der Waals surface area (Å²) >= 11 is 0. The minimum absolute atomic E-state index is 0.285. The Kier molecular flexibility index (Phi) is 3.82. The molecular weight excluding hydrogens is 192 g/mol. The van der Waals surface area contributed by atoms with Crippen molar-refractivity contribution < 1.29 is 29.6 Å². The van der Waals surface area contributed by atoms with Crippen LogP contribution in [0.15, 0.2) is 0 Å². The largest absolute Gasteiger partial charge is 0.455 e. The molecule has 0 amide bonds. The lowest BCUT2D eigenvalue weighted by atomic mass is 10.1. The van der Waals surface area contributed by atoms with Gasteiger partial charge in [-0.15, -0.1) is 0 Å². The molecule has 4 atom stereocenters. The summed E-state index contributed by atoms with van der Waals surface area (Å²) in [5, 5.41) is 27.3. The number of hydrogen-bond acceptors (Lipinski definition) is 6. The quantitative estimate of drug-likeness (QED) is 0.462. The second-order valence-corrected chi connectivity index (χ2v) is 3.02. The first-order valence-corrected chi connectivity index (χ1v) is 4.40. The van der Waals surface area contributed by atoms with E-state index in [0.29, 0.717) is 0 Å². The molecule has 82 valence electrons. The van der Waals surface area contributed by atoms with Crippen LogP contribution in [0.3, 0.4) is 0 Å². The second kappa shape index (κ2) is 4.70. The molecule has 0 aliphatic carbocycles. The Balaban J connectivity index is 2.69. The maximum atomic E-state index is 10.9. The molecule has 1 saturated heterocycles. The van der Waals surface area contributed by atoms with Gasteiger partial charge in [0, 0.05) is 6.61 Å². The standard InChI is InChI=1S/C8H14O6/c1-2-13-7-5(11)8(12)14-6(7)4(10)3-9/h4-7,9-11H,2-3H2,1H3/t4-,5?,6?,7?/m0/s1. The summed E-state index contributed by atoms with van der Waals surface area (Å²) < 4.78 is 9.72. The Morgan fingerprint density at radius 1 is 1.64 bits per heavy atom. The average Bonchev–Trinajstić information content (AvgIpc) is 2.45. The van der Waals surface area contributed by atoms with Crippen molar-refractivity contribution >= 4 is 5.97 Å². The van der Waals surface area contributed by atoms with E-state index in [2.05, 4.69) is 4.74 Å². The van der Waals surface area contributed by atoms with Crippen LogP contribution < -0.4 is 0 Å². The number of esters is 1. The van der Waals surface area contributed by atoms with Gasteiger partial charge in [-0.3, -0.25) is 0 Å². The number of ether oxygens (including phenoxy) is 2. The van der Waals surface area contributed by atoms with Crippen molar-refractivity contribution in [2.45, 2.75) is 31.3 Å². The van der Waals surface area contributed by atoms with Gasteiger partial charge in [-0.05, 0) is 6.92 Å². The van der Waals surface area contributed by atoms with Crippen LogP contribution in [0.4, 0.5) is 0 Å². The van der Waals surface area contributed by atoms with E-state index in [-0.39, 0.29) is 6.61 Å². The van der Waals surface area contributed by atoms with E-state index >= 15 is 0 Å². The van der Waals surface area contributed by atoms with Gasteiger partial charge in [0.15, 0.2) is 12.2 Å². The number of rotatable bonds is 4. The number of carbonyl (C=O) groups excluding carboxylic acids is 1. The van der Waals surface area contributed by atoms with Gasteiger partial charge in [0.2, 0.25) is 0 Å². The molecule has 0 saturated carbocycles. The Morgan fingerprint density at radius 3 is 2.79 bits per heavy atom. The molecule has 1 fully saturated rings. The minimum Gasteiger partial charge on any atom is -0.455 e. The van der Waals surface area contributed by atoms with Gasteiger partial charge < -0.3 is 24.8 Å². The molecule has 6 nitrogen and oxygen atoms in total. The number of aliphatic hydroxyl groups excluding tert-OH is 3. The maximum Gasteiger partial charge on any atom is 0.338 e. The van der Waals surface area contributed by atoms with Crippen LogP contribution in [-0.2, 0) is 14.3 Å². The van der Waals surface area contributed by atoms with E-state index in [1.54, 1.807) is 6.92 Å². The zero-order valence-corrected chi connectivity index (χ0v) is 7.79. The van der Waals surface area contributed by atoms with Crippen molar-refractivity contribution in [3.63, 3.8) is 0 Å². The van der Waals surface area contributed by atoms with Gasteiger partial charge in [-0.25, -0.2) is 4.79 Å². The molecular formula is C8H14O6. The monoisotopic (exact) mass is 206 g/mol. The third kappa shape index (κ3) is 2.03. The van der Waals surface area contributed by atoms with Gasteiger partial charge in [0.1, 0.15) is 12.2 Å². The minimum atomic E-state index is -1.39. The first-order valence-electron chi connectivity index (χ1n) is 4.40. The Bertz CT molecular complexity index is 206. The summed E-state index contributed by atoms with van der Waals surface area (Å²) in [6.07, 6.45) is -4.52. The van der Waals surface area contributed by atoms with Crippen molar-refractivity contribution in [1.29, 1.82) is 0 Å². The molecule has 6 heteroatoms. The molecule has 1 aliphatic heterocycles. The molecule has 0 aromatic carbocycles. The van der Waals surface area contributed by atoms with Crippen molar-refractivity contribution in [1.82, 2.24) is 0 Å². The van der Waals surface area contributed by atoms with Gasteiger partial charge in [-0.1, -0.05) is 0 Å². The Morgan fingerprint density at radius 2 is 2.29 bits per heavy atom. The van der Waals surface area contributed by atoms with Crippen molar-refractivity contribution in [2.75, 3.05) is 13.2 Å². The van der Waals surface area contributed by atoms with E-state index < -0.39 is 37.0 Å². The van der Waals surface area contributed by atoms with Crippen molar-refractivity contribution in [3.05, 3.63) is 0 Å². The summed E-state index contributed by atoms with van der Waals surface area (Å²) in [5.74, 6) is -0.832. The molecule has 1 aliphatic rings. The number of hydrogen-bond donors (Lipinski definition) is 3. The molecule has 1 heterocycles. The average molecular weight is 206 g/mol. The fourth-order valence-corrected chi connectivity index (χ4v) is 1.36. The van der Waals surface area contributed by atoms with Crippen LogP contribution in [-0.4, -0.2) is 58.9 Å². The molecule has 3 N–H and O–H groups in total. The van der Waals surface area contributed by atoms with E-state index in [1.807, 2.05) is 0 Å². The SMILES string of the molecule is CCOC1C(O)C(=O)OC1[C@@H](O)CO. The predicted octanol–water partition coefficient (Wildman–Crippen LogP) is -1.97. The Hall–Kier alpha value is -0.690. The zero-order chi connectivity index (χ0) is 10.7. The van der Waals surface area contributed by atoms with Crippen LogP contribution in [0.2, 0.25) is 0 Å². The smallest absolute Gasteiger partial charge is 0.338 e. The highest BCUT2D eigenvalue weighted by molar-refractivity contribution is 5.77. The lowest BCUT2D eigenvalue weighted by Crippen LogP contribution is -2.42. The molecule has 0 aromatic rings. The van der Waals surface area contributed by atoms with Gasteiger partial charge in [0.25, 0.3) is 0 Å². The van der Waals surface area contributed by atoms with E-state index in [0.717, 1.165) is 0 Å². The number of aliphatic hydroxyl groups is 3. The lowest BCUT2D eigenvalue weighted by Gasteiger charge is -2.21. The summed E-state index contributed by atoms with van der Waals surface area (Å²) in [6.45, 7) is 1.43. The predicted molar refractivity (Wildman–Crippen MR) is 44.4 cm³/mol. The number of carbonyl (C=O) groups is 1. The van der Waals surface area contributed by atoms with E-state index in [1.165, 1.54) is 0 Å². The maximum absolute atomic E-state index is 10.9. The molecule has 3 unspecified atom stereocenters. The molecule has 0 aromatic heterocycles. The van der Waals surface area contributed by atoms with Crippen molar-refractivity contribution in [3.8, 4) is 0 Å². The Labute approximate surface area is 81.1 Å². The highest BCUT2D eigenvalue weighted by atomic mass is 16.6. The topological polar surface area (TPSA) is 96.2 Å². The third-order valence-corrected chi connectivity index (χ3v) is 2.05. The van der Waals surface area contributed by atoms with E-state index in [4.69, 9.17) is 9.84 Å². The molecule has 14 heavy (non-hydrogen) atoms. The highest BCUT2D eigenvalue weighted by Crippen LogP contribution is 2.21. The fraction of sp³-hybridized carbons (Fsp3) is 0.875. The zero-order valence-electron chi connectivity index (χ0n) is 7.79. The van der Waals surface area contributed by atoms with Crippen LogP contribution in [0.25, 0.3) is 0 Å². The van der Waals surface area contributed by atoms with Crippen LogP contribution in [0.5, 0.6) is 0 Å². The third-order valence-electron chi connectivity index (χ3n) is 2.05. The second-order valence-electron chi connectivity index (χ2n) is 3.02. The molecule has 1 rings (SSSR count). The van der Waals surface area contributed by atoms with Gasteiger partial charge >= 0.3 is 5.97 Å². The fourth-order valence-electron chi connectivity index (χ4n) is 1.36. The summed E-state index contributed by atoms with van der Waals surface area (Å²) in [4.78, 5) is 10.9. The van der Waals surface area contributed by atoms with Crippen LogP contribution in [0, 0.1) is 0 Å². The summed E-state index contributed by atoms with van der Waals surface area (Å²) in [6, 6.07) is 0. The van der Waals surface area contributed by atoms with Crippen molar-refractivity contribution in [2.24, 2.45) is 0 Å². The molecule has 0 spiro atoms. The van der Waals surface area contributed by atoms with Gasteiger partial charge in [-0.2, -0.15) is 0 Å². The van der Waals surface area contributed by atoms with Gasteiger partial charge in [0.05, 0.1) is 6.61 Å². The van der Waals surface area contributed by atoms with Crippen LogP contribution >= 0.6 is 0 Å². The molecule has 0 radical (unpaired) electrons. The number of cyclic esters (lactones) is 1.